The van der Waals surface area contributed by atoms with E-state index in [1.54, 1.807) is 53.1 Å². The number of thioether (sulfide) groups is 1. The Balaban J connectivity index is 1.12. The van der Waals surface area contributed by atoms with Gasteiger partial charge in [-0.05, 0) is 47.0 Å². The smallest absolute Gasteiger partial charge is 0.269 e. The molecule has 4 aromatic carbocycles. The minimum Gasteiger partial charge on any atom is -0.454 e. The Hall–Kier alpha value is -5.56. The van der Waals surface area contributed by atoms with Crippen molar-refractivity contribution in [2.45, 2.75) is 24.0 Å². The summed E-state index contributed by atoms with van der Waals surface area (Å²) in [6, 6.07) is 22.2. The molecule has 1 aromatic heterocycles. The Bertz CT molecular complexity index is 2030. The molecule has 0 aliphatic carbocycles. The fourth-order valence-corrected chi connectivity index (χ4v) is 5.97. The first-order valence-electron chi connectivity index (χ1n) is 13.9. The zero-order valence-corrected chi connectivity index (χ0v) is 24.4. The van der Waals surface area contributed by atoms with E-state index in [9.17, 15) is 19.7 Å². The number of hydrogen-bond donors (Lipinski definition) is 1. The van der Waals surface area contributed by atoms with Crippen LogP contribution in [0.3, 0.4) is 0 Å². The molecule has 1 N–H and O–H groups in total. The summed E-state index contributed by atoms with van der Waals surface area (Å²) in [5.74, 6) is 2.42. The molecule has 2 aliphatic rings. The molecule has 0 fully saturated rings. The summed E-state index contributed by atoms with van der Waals surface area (Å²) in [5, 5.41) is 15.0. The molecular formula is C32H24N4O8S. The lowest BCUT2D eigenvalue weighted by atomic mass is 10.1. The molecule has 3 heterocycles. The van der Waals surface area contributed by atoms with E-state index >= 15 is 0 Å². The van der Waals surface area contributed by atoms with Crippen LogP contribution in [0.1, 0.15) is 27.0 Å². The first-order chi connectivity index (χ1) is 21.9. The summed E-state index contributed by atoms with van der Waals surface area (Å²) in [6.45, 7) is 0.749. The number of ether oxygens (including phenoxy) is 4. The van der Waals surface area contributed by atoms with Gasteiger partial charge in [0.25, 0.3) is 17.2 Å². The highest BCUT2D eigenvalue weighted by molar-refractivity contribution is 7.98. The molecule has 226 valence electrons. The Morgan fingerprint density at radius 1 is 0.867 bits per heavy atom. The molecular weight excluding hydrogens is 600 g/mol. The van der Waals surface area contributed by atoms with Crippen LogP contribution in [0.2, 0.25) is 0 Å². The van der Waals surface area contributed by atoms with Crippen molar-refractivity contribution in [2.24, 2.45) is 0 Å². The van der Waals surface area contributed by atoms with E-state index in [2.05, 4.69) is 5.32 Å². The van der Waals surface area contributed by atoms with Crippen LogP contribution in [-0.2, 0) is 18.8 Å². The van der Waals surface area contributed by atoms with Gasteiger partial charge < -0.3 is 24.3 Å². The van der Waals surface area contributed by atoms with Crippen LogP contribution in [0.5, 0.6) is 23.0 Å². The van der Waals surface area contributed by atoms with Crippen LogP contribution in [0.15, 0.2) is 88.8 Å². The van der Waals surface area contributed by atoms with E-state index in [4.69, 9.17) is 23.9 Å². The van der Waals surface area contributed by atoms with Crippen molar-refractivity contribution >= 4 is 34.3 Å². The number of amides is 1. The first kappa shape index (κ1) is 28.2. The average molecular weight is 625 g/mol. The van der Waals surface area contributed by atoms with Crippen molar-refractivity contribution in [1.29, 1.82) is 0 Å². The third-order valence-corrected chi connectivity index (χ3v) is 8.40. The van der Waals surface area contributed by atoms with Gasteiger partial charge in [-0.2, -0.15) is 0 Å². The van der Waals surface area contributed by atoms with Crippen molar-refractivity contribution in [2.75, 3.05) is 13.6 Å². The maximum atomic E-state index is 13.8. The molecule has 13 heteroatoms. The average Bonchev–Trinajstić information content (AvgIpc) is 3.73. The minimum atomic E-state index is -0.442. The number of nitro groups is 1. The van der Waals surface area contributed by atoms with Crippen LogP contribution in [0.25, 0.3) is 10.9 Å². The lowest BCUT2D eigenvalue weighted by Gasteiger charge is -2.14. The predicted octanol–water partition coefficient (Wildman–Crippen LogP) is 5.03. The van der Waals surface area contributed by atoms with E-state index in [0.717, 1.165) is 16.7 Å². The number of benzene rings is 4. The van der Waals surface area contributed by atoms with Crippen LogP contribution in [0.4, 0.5) is 5.69 Å². The summed E-state index contributed by atoms with van der Waals surface area (Å²) < 4.78 is 23.3. The molecule has 7 rings (SSSR count). The second-order valence-electron chi connectivity index (χ2n) is 10.3. The van der Waals surface area contributed by atoms with Gasteiger partial charge in [-0.3, -0.25) is 24.3 Å². The fourth-order valence-electron chi connectivity index (χ4n) is 5.03. The number of nitrogens with zero attached hydrogens (tertiary/aromatic N) is 3. The van der Waals surface area contributed by atoms with Gasteiger partial charge >= 0.3 is 0 Å². The van der Waals surface area contributed by atoms with E-state index < -0.39 is 4.92 Å². The van der Waals surface area contributed by atoms with Gasteiger partial charge in [-0.15, -0.1) is 0 Å². The number of non-ortho nitro benzene ring substituents is 1. The SMILES string of the molecule is O=C(NCc1ccc2c(c1)OCO2)c1ccc(Cn2c(SCc3cccc([N+](=O)[O-])c3)nc3cc4c(cc3c2=O)OCO4)cc1. The third-order valence-electron chi connectivity index (χ3n) is 7.35. The van der Waals surface area contributed by atoms with Crippen molar-refractivity contribution in [3.05, 3.63) is 122 Å². The highest BCUT2D eigenvalue weighted by Gasteiger charge is 2.20. The molecule has 0 atom stereocenters. The number of carbonyl (C=O) groups is 1. The van der Waals surface area contributed by atoms with E-state index in [-0.39, 0.29) is 37.3 Å². The van der Waals surface area contributed by atoms with Crippen LogP contribution < -0.4 is 29.8 Å². The first-order valence-corrected chi connectivity index (χ1v) is 14.9. The molecule has 0 bridgehead atoms. The molecule has 0 spiro atoms. The largest absolute Gasteiger partial charge is 0.454 e. The summed E-state index contributed by atoms with van der Waals surface area (Å²) >= 11 is 1.30. The molecule has 1 amide bonds. The zero-order valence-electron chi connectivity index (χ0n) is 23.6. The zero-order chi connectivity index (χ0) is 30.9. The standard InChI is InChI=1S/C32H24N4O8S/c37-30(33-14-20-6-9-26-27(11-20)42-17-41-26)22-7-4-19(5-8-22)15-35-31(38)24-12-28-29(44-18-43-28)13-25(24)34-32(35)45-16-21-2-1-3-23(10-21)36(39)40/h1-13H,14-18H2,(H,33,37). The maximum absolute atomic E-state index is 13.8. The van der Waals surface area contributed by atoms with Crippen molar-refractivity contribution < 1.29 is 28.7 Å². The number of rotatable bonds is 9. The second kappa shape index (κ2) is 11.8. The number of hydrogen-bond acceptors (Lipinski definition) is 10. The summed E-state index contributed by atoms with van der Waals surface area (Å²) in [6.07, 6.45) is 0. The van der Waals surface area contributed by atoms with Gasteiger partial charge in [0.15, 0.2) is 28.2 Å². The van der Waals surface area contributed by atoms with Gasteiger partial charge in [0.2, 0.25) is 13.6 Å². The molecule has 2 aliphatic heterocycles. The lowest BCUT2D eigenvalue weighted by molar-refractivity contribution is -0.384. The highest BCUT2D eigenvalue weighted by atomic mass is 32.2. The molecule has 0 saturated heterocycles. The molecule has 45 heavy (non-hydrogen) atoms. The van der Waals surface area contributed by atoms with Gasteiger partial charge in [-0.25, -0.2) is 4.98 Å². The highest BCUT2D eigenvalue weighted by Crippen LogP contribution is 2.36. The van der Waals surface area contributed by atoms with Gasteiger partial charge in [0.1, 0.15) is 0 Å². The van der Waals surface area contributed by atoms with Crippen LogP contribution >= 0.6 is 11.8 Å². The van der Waals surface area contributed by atoms with Crippen molar-refractivity contribution in [3.63, 3.8) is 0 Å². The summed E-state index contributed by atoms with van der Waals surface area (Å²) in [7, 11) is 0. The van der Waals surface area contributed by atoms with Crippen LogP contribution in [0, 0.1) is 10.1 Å². The van der Waals surface area contributed by atoms with Crippen molar-refractivity contribution in [1.82, 2.24) is 14.9 Å². The molecule has 0 saturated carbocycles. The van der Waals surface area contributed by atoms with Crippen LogP contribution in [-0.4, -0.2) is 34.0 Å². The molecule has 5 aromatic rings. The molecule has 0 unspecified atom stereocenters. The number of carbonyl (C=O) groups excluding carboxylic acids is 1. The number of nitrogens with one attached hydrogen (secondary N) is 1. The minimum absolute atomic E-state index is 0.00955. The van der Waals surface area contributed by atoms with Gasteiger partial charge in [-0.1, -0.05) is 42.1 Å². The lowest BCUT2D eigenvalue weighted by Crippen LogP contribution is -2.24. The quantitative estimate of drug-likeness (QED) is 0.103. The summed E-state index contributed by atoms with van der Waals surface area (Å²) in [5.41, 5.74) is 3.02. The van der Waals surface area contributed by atoms with Crippen molar-refractivity contribution in [3.8, 4) is 23.0 Å². The molecule has 12 nitrogen and oxygen atoms in total. The second-order valence-corrected chi connectivity index (χ2v) is 11.2. The Kier molecular flexibility index (Phi) is 7.43. The Labute approximate surface area is 259 Å². The maximum Gasteiger partial charge on any atom is 0.269 e. The van der Waals surface area contributed by atoms with Gasteiger partial charge in [0.05, 0.1) is 22.4 Å². The molecule has 0 radical (unpaired) electrons. The topological polar surface area (TPSA) is 144 Å². The normalized spacial score (nSPS) is 12.8. The number of fused-ring (bicyclic) bond motifs is 3. The fraction of sp³-hybridized carbons (Fsp3) is 0.156. The number of nitro benzene ring substituents is 1. The monoisotopic (exact) mass is 624 g/mol. The van der Waals surface area contributed by atoms with E-state index in [1.807, 2.05) is 18.2 Å². The Morgan fingerprint density at radius 3 is 2.36 bits per heavy atom. The number of aromatic nitrogens is 2. The predicted molar refractivity (Wildman–Crippen MR) is 164 cm³/mol. The van der Waals surface area contributed by atoms with Gasteiger partial charge in [0, 0.05) is 36.1 Å². The summed E-state index contributed by atoms with van der Waals surface area (Å²) in [4.78, 5) is 42.3. The van der Waals surface area contributed by atoms with E-state index in [0.29, 0.717) is 56.9 Å². The van der Waals surface area contributed by atoms with E-state index in [1.165, 1.54) is 23.9 Å². The Morgan fingerprint density at radius 2 is 1.58 bits per heavy atom. The third kappa shape index (κ3) is 5.85.